The van der Waals surface area contributed by atoms with Gasteiger partial charge in [0, 0.05) is 42.0 Å². The molecule has 0 saturated carbocycles. The normalized spacial score (nSPS) is 11.7. The maximum absolute atomic E-state index is 12.3. The summed E-state index contributed by atoms with van der Waals surface area (Å²) < 4.78 is 0. The second-order valence-electron chi connectivity index (χ2n) is 4.59. The fourth-order valence-corrected chi connectivity index (χ4v) is 2.80. The van der Waals surface area contributed by atoms with Crippen LogP contribution in [0.5, 0.6) is 0 Å². The number of carbonyl (C=O) groups is 2. The van der Waals surface area contributed by atoms with E-state index in [1.807, 2.05) is 12.1 Å². The molecule has 1 unspecified atom stereocenters. The highest BCUT2D eigenvalue weighted by Gasteiger charge is 2.21. The number of anilines is 1. The monoisotopic (exact) mass is 319 g/mol. The number of rotatable bonds is 6. The maximum atomic E-state index is 12.3. The lowest BCUT2D eigenvalue weighted by molar-refractivity contribution is -0.125. The molecule has 2 rings (SSSR count). The van der Waals surface area contributed by atoms with Gasteiger partial charge in [-0.2, -0.15) is 0 Å². The minimum Gasteiger partial charge on any atom is -0.344 e. The molecule has 0 fully saturated rings. The lowest BCUT2D eigenvalue weighted by atomic mass is 10.1. The van der Waals surface area contributed by atoms with Gasteiger partial charge < -0.3 is 11.1 Å². The van der Waals surface area contributed by atoms with Crippen molar-refractivity contribution in [1.29, 1.82) is 0 Å². The quantitative estimate of drug-likeness (QED) is 0.725. The van der Waals surface area contributed by atoms with Gasteiger partial charge in [0.1, 0.15) is 6.04 Å². The number of nitrogens with two attached hydrogens (primary N) is 1. The largest absolute Gasteiger partial charge is 0.344 e. The van der Waals surface area contributed by atoms with Gasteiger partial charge in [-0.15, -0.1) is 11.3 Å². The molecule has 0 aliphatic rings. The van der Waals surface area contributed by atoms with E-state index in [0.717, 1.165) is 9.75 Å². The molecule has 2 aromatic rings. The highest BCUT2D eigenvalue weighted by atomic mass is 32.1. The van der Waals surface area contributed by atoms with Gasteiger partial charge >= 0.3 is 0 Å². The smallest absolute Gasteiger partial charge is 0.249 e. The maximum Gasteiger partial charge on any atom is 0.249 e. The van der Waals surface area contributed by atoms with Crippen LogP contribution in [-0.2, 0) is 22.6 Å². The molecule has 0 aliphatic carbocycles. The molecular weight excluding hydrogens is 302 g/mol. The minimum absolute atomic E-state index is 0.205. The first-order chi connectivity index (χ1) is 10.6. The van der Waals surface area contributed by atoms with Gasteiger partial charge in [0.2, 0.25) is 17.8 Å². The molecule has 22 heavy (non-hydrogen) atoms. The van der Waals surface area contributed by atoms with E-state index in [0.29, 0.717) is 13.0 Å². The first-order valence-corrected chi connectivity index (χ1v) is 7.52. The van der Waals surface area contributed by atoms with Crippen LogP contribution >= 0.6 is 11.3 Å². The fourth-order valence-electron chi connectivity index (χ4n) is 1.86. The number of nitrogens with zero attached hydrogens (tertiary/aromatic N) is 2. The van der Waals surface area contributed by atoms with E-state index in [1.54, 1.807) is 6.07 Å². The molecule has 4 N–H and O–H groups in total. The fraction of sp³-hybridized carbons (Fsp3) is 0.286. The van der Waals surface area contributed by atoms with Crippen LogP contribution in [0, 0.1) is 0 Å². The minimum atomic E-state index is -0.689. The summed E-state index contributed by atoms with van der Waals surface area (Å²) in [6, 6.07) is 4.79. The van der Waals surface area contributed by atoms with Gasteiger partial charge in [0.25, 0.3) is 0 Å². The van der Waals surface area contributed by atoms with Crippen LogP contribution < -0.4 is 16.4 Å². The third kappa shape index (κ3) is 4.61. The molecule has 0 spiro atoms. The summed E-state index contributed by atoms with van der Waals surface area (Å²) in [5.41, 5.74) is 5.58. The number of amides is 2. The zero-order valence-electron chi connectivity index (χ0n) is 12.1. The first-order valence-electron chi connectivity index (χ1n) is 6.71. The van der Waals surface area contributed by atoms with Crippen molar-refractivity contribution in [1.82, 2.24) is 15.3 Å². The Hall–Kier alpha value is -2.32. The van der Waals surface area contributed by atoms with E-state index >= 15 is 0 Å². The van der Waals surface area contributed by atoms with Crippen molar-refractivity contribution >= 4 is 29.1 Å². The van der Waals surface area contributed by atoms with E-state index in [9.17, 15) is 9.59 Å². The van der Waals surface area contributed by atoms with Gasteiger partial charge in [0.15, 0.2) is 0 Å². The zero-order valence-corrected chi connectivity index (χ0v) is 12.9. The first kappa shape index (κ1) is 16.1. The van der Waals surface area contributed by atoms with E-state index < -0.39 is 6.04 Å². The van der Waals surface area contributed by atoms with Crippen molar-refractivity contribution < 1.29 is 9.59 Å². The highest BCUT2D eigenvalue weighted by molar-refractivity contribution is 7.12. The van der Waals surface area contributed by atoms with Crippen molar-refractivity contribution in [3.8, 4) is 0 Å². The van der Waals surface area contributed by atoms with Gasteiger partial charge in [-0.25, -0.2) is 9.97 Å². The summed E-state index contributed by atoms with van der Waals surface area (Å²) >= 11 is 1.52. The summed E-state index contributed by atoms with van der Waals surface area (Å²) in [6.07, 6.45) is 3.45. The Morgan fingerprint density at radius 3 is 2.55 bits per heavy atom. The van der Waals surface area contributed by atoms with E-state index in [1.165, 1.54) is 30.7 Å². The van der Waals surface area contributed by atoms with Crippen LogP contribution in [0.1, 0.15) is 16.7 Å². The summed E-state index contributed by atoms with van der Waals surface area (Å²) in [6.45, 7) is 1.83. The summed E-state index contributed by atoms with van der Waals surface area (Å²) in [5, 5.41) is 5.24. The Morgan fingerprint density at radius 2 is 1.95 bits per heavy atom. The van der Waals surface area contributed by atoms with E-state index in [2.05, 4.69) is 20.6 Å². The molecule has 1 atom stereocenters. The molecule has 7 nitrogen and oxygen atoms in total. The van der Waals surface area contributed by atoms with Crippen molar-refractivity contribution in [3.05, 3.63) is 40.3 Å². The van der Waals surface area contributed by atoms with Crippen LogP contribution in [0.2, 0.25) is 0 Å². The number of hydrogen-bond acceptors (Lipinski definition) is 6. The molecule has 0 aliphatic heterocycles. The highest BCUT2D eigenvalue weighted by Crippen LogP contribution is 2.18. The van der Waals surface area contributed by atoms with Crippen molar-refractivity contribution in [3.63, 3.8) is 0 Å². The van der Waals surface area contributed by atoms with Crippen LogP contribution in [-0.4, -0.2) is 27.8 Å². The Bertz CT molecular complexity index is 644. The second-order valence-corrected chi connectivity index (χ2v) is 5.84. The van der Waals surface area contributed by atoms with Crippen molar-refractivity contribution in [2.75, 3.05) is 5.32 Å². The van der Waals surface area contributed by atoms with Crippen LogP contribution in [0.3, 0.4) is 0 Å². The molecule has 2 aromatic heterocycles. The summed E-state index contributed by atoms with van der Waals surface area (Å²) in [5.74, 6) is -0.425. The molecule has 0 bridgehead atoms. The van der Waals surface area contributed by atoms with E-state index in [4.69, 9.17) is 5.73 Å². The Balaban J connectivity index is 2.07. The molecular formula is C14H17N5O2S. The predicted octanol–water partition coefficient (Wildman–Crippen LogP) is 0.683. The Morgan fingerprint density at radius 1 is 1.27 bits per heavy atom. The predicted molar refractivity (Wildman–Crippen MR) is 84.2 cm³/mol. The van der Waals surface area contributed by atoms with Gasteiger partial charge in [0.05, 0.1) is 0 Å². The van der Waals surface area contributed by atoms with Crippen molar-refractivity contribution in [2.24, 2.45) is 5.73 Å². The molecule has 2 amide bonds. The Labute approximate surface area is 132 Å². The standard InChI is InChI=1S/C14H17N5O2S/c1-9(20)18-12(7-10-3-4-11(8-15)22-10)13(21)19-14-16-5-2-6-17-14/h2-6,12H,7-8,15H2,1H3,(H,18,20)(H,16,17,19,21). The van der Waals surface area contributed by atoms with Crippen LogP contribution in [0.25, 0.3) is 0 Å². The molecule has 116 valence electrons. The van der Waals surface area contributed by atoms with Crippen LogP contribution in [0.15, 0.2) is 30.6 Å². The van der Waals surface area contributed by atoms with Crippen LogP contribution in [0.4, 0.5) is 5.95 Å². The summed E-state index contributed by atoms with van der Waals surface area (Å²) in [4.78, 5) is 33.5. The molecule has 8 heteroatoms. The second kappa shape index (κ2) is 7.62. The van der Waals surface area contributed by atoms with E-state index in [-0.39, 0.29) is 17.8 Å². The zero-order chi connectivity index (χ0) is 15.9. The number of nitrogens with one attached hydrogen (secondary N) is 2. The Kier molecular flexibility index (Phi) is 5.56. The number of carbonyl (C=O) groups excluding carboxylic acids is 2. The van der Waals surface area contributed by atoms with Gasteiger partial charge in [-0.1, -0.05) is 0 Å². The number of hydrogen-bond donors (Lipinski definition) is 3. The summed E-state index contributed by atoms with van der Waals surface area (Å²) in [7, 11) is 0. The van der Waals surface area contributed by atoms with Gasteiger partial charge in [-0.3, -0.25) is 14.9 Å². The molecule has 2 heterocycles. The lowest BCUT2D eigenvalue weighted by Crippen LogP contribution is -2.44. The van der Waals surface area contributed by atoms with Crippen molar-refractivity contribution in [2.45, 2.75) is 25.9 Å². The number of aromatic nitrogens is 2. The lowest BCUT2D eigenvalue weighted by Gasteiger charge is -2.16. The molecule has 0 radical (unpaired) electrons. The third-order valence-electron chi connectivity index (χ3n) is 2.82. The molecule has 0 aromatic carbocycles. The average molecular weight is 319 g/mol. The SMILES string of the molecule is CC(=O)NC(Cc1ccc(CN)s1)C(=O)Nc1ncccn1. The van der Waals surface area contributed by atoms with Gasteiger partial charge in [-0.05, 0) is 18.2 Å². The average Bonchev–Trinajstić information content (AvgIpc) is 2.95. The number of thiophene rings is 1. The topological polar surface area (TPSA) is 110 Å². The third-order valence-corrected chi connectivity index (χ3v) is 3.95. The molecule has 0 saturated heterocycles.